The van der Waals surface area contributed by atoms with E-state index in [-0.39, 0.29) is 17.2 Å². The maximum Gasteiger partial charge on any atom is 0.250 e. The number of thioether (sulfide) groups is 1. The molecule has 0 bridgehead atoms. The molecule has 0 spiro atoms. The number of hydrogen-bond donors (Lipinski definition) is 1. The number of rotatable bonds is 7. The van der Waals surface area contributed by atoms with Crippen molar-refractivity contribution in [3.05, 3.63) is 63.3 Å². The fourth-order valence-corrected chi connectivity index (χ4v) is 5.09. The molecule has 0 aliphatic heterocycles. The molecule has 172 valence electrons. The van der Waals surface area contributed by atoms with E-state index in [2.05, 4.69) is 41.2 Å². The van der Waals surface area contributed by atoms with Crippen molar-refractivity contribution in [2.45, 2.75) is 43.3 Å². The van der Waals surface area contributed by atoms with Crippen LogP contribution in [0.3, 0.4) is 0 Å². The number of nitrogens with zero attached hydrogens (tertiary/aromatic N) is 4. The number of carbonyl (C=O) groups excluding carboxylic acids is 1. The molecule has 10 heteroatoms. The molecular weight excluding hydrogens is 529 g/mol. The Morgan fingerprint density at radius 2 is 1.97 bits per heavy atom. The molecule has 0 atom stereocenters. The molecule has 1 N–H and O–H groups in total. The van der Waals surface area contributed by atoms with E-state index in [1.165, 1.54) is 30.5 Å². The summed E-state index contributed by atoms with van der Waals surface area (Å²) in [7, 11) is 0. The van der Waals surface area contributed by atoms with Crippen molar-refractivity contribution in [3.63, 3.8) is 0 Å². The summed E-state index contributed by atoms with van der Waals surface area (Å²) in [6.45, 7) is 0. The molecule has 6 nitrogen and oxygen atoms in total. The van der Waals surface area contributed by atoms with Crippen molar-refractivity contribution in [2.24, 2.45) is 5.10 Å². The second-order valence-electron chi connectivity index (χ2n) is 7.72. The number of nitrogens with one attached hydrogen (secondary N) is 1. The van der Waals surface area contributed by atoms with Crippen LogP contribution < -0.4 is 5.43 Å². The topological polar surface area (TPSA) is 72.2 Å². The second-order valence-corrected chi connectivity index (χ2v) is 10.0. The average Bonchev–Trinajstić information content (AvgIpc) is 3.25. The SMILES string of the molecule is O=C(CSc1nnc(-c2ccc(Cl)cc2)n1C1CCCCC1)NN=Cc1cc(Br)ccc1F. The molecule has 1 aliphatic rings. The fraction of sp³-hybridized carbons (Fsp3) is 0.304. The molecule has 0 saturated heterocycles. The van der Waals surface area contributed by atoms with Gasteiger partial charge in [0, 0.05) is 26.7 Å². The van der Waals surface area contributed by atoms with Gasteiger partial charge in [0.15, 0.2) is 11.0 Å². The zero-order valence-corrected chi connectivity index (χ0v) is 20.8. The Morgan fingerprint density at radius 3 is 2.73 bits per heavy atom. The quantitative estimate of drug-likeness (QED) is 0.214. The van der Waals surface area contributed by atoms with Crippen molar-refractivity contribution < 1.29 is 9.18 Å². The van der Waals surface area contributed by atoms with Crippen LogP contribution in [0.1, 0.15) is 43.7 Å². The van der Waals surface area contributed by atoms with Crippen molar-refractivity contribution in [1.29, 1.82) is 0 Å². The lowest BCUT2D eigenvalue weighted by Gasteiger charge is -2.25. The number of carbonyl (C=O) groups is 1. The molecule has 1 saturated carbocycles. The maximum atomic E-state index is 13.8. The van der Waals surface area contributed by atoms with E-state index < -0.39 is 5.82 Å². The summed E-state index contributed by atoms with van der Waals surface area (Å²) in [6, 6.07) is 12.4. The predicted octanol–water partition coefficient (Wildman–Crippen LogP) is 6.25. The lowest BCUT2D eigenvalue weighted by molar-refractivity contribution is -0.118. The van der Waals surface area contributed by atoms with Crippen LogP contribution in [0, 0.1) is 5.82 Å². The molecule has 1 aromatic heterocycles. The summed E-state index contributed by atoms with van der Waals surface area (Å²) in [5.41, 5.74) is 3.67. The number of hydrazone groups is 1. The zero-order valence-electron chi connectivity index (χ0n) is 17.7. The van der Waals surface area contributed by atoms with Gasteiger partial charge in [-0.2, -0.15) is 5.10 Å². The highest BCUT2D eigenvalue weighted by Gasteiger charge is 2.24. The summed E-state index contributed by atoms with van der Waals surface area (Å²) < 4.78 is 16.7. The normalized spacial score (nSPS) is 14.6. The maximum absolute atomic E-state index is 13.8. The van der Waals surface area contributed by atoms with Crippen molar-refractivity contribution in [2.75, 3.05) is 5.75 Å². The zero-order chi connectivity index (χ0) is 23.2. The molecule has 3 aromatic rings. The number of hydrogen-bond acceptors (Lipinski definition) is 5. The Bertz CT molecular complexity index is 1150. The first-order chi connectivity index (χ1) is 16.0. The third-order valence-electron chi connectivity index (χ3n) is 5.39. The minimum Gasteiger partial charge on any atom is -0.299 e. The summed E-state index contributed by atoms with van der Waals surface area (Å²) in [5.74, 6) is 0.174. The smallest absolute Gasteiger partial charge is 0.250 e. The summed E-state index contributed by atoms with van der Waals surface area (Å²) >= 11 is 10.7. The first-order valence-corrected chi connectivity index (χ1v) is 12.8. The van der Waals surface area contributed by atoms with Crippen LogP contribution in [-0.4, -0.2) is 32.6 Å². The van der Waals surface area contributed by atoms with Gasteiger partial charge in [0.05, 0.1) is 12.0 Å². The lowest BCUT2D eigenvalue weighted by atomic mass is 9.95. The van der Waals surface area contributed by atoms with Crippen LogP contribution in [0.2, 0.25) is 5.02 Å². The Kier molecular flexibility index (Phi) is 8.16. The van der Waals surface area contributed by atoms with Crippen LogP contribution in [0.25, 0.3) is 11.4 Å². The van der Waals surface area contributed by atoms with E-state index in [0.29, 0.717) is 16.2 Å². The third kappa shape index (κ3) is 6.22. The van der Waals surface area contributed by atoms with Gasteiger partial charge < -0.3 is 0 Å². The largest absolute Gasteiger partial charge is 0.299 e. The van der Waals surface area contributed by atoms with Gasteiger partial charge in [-0.15, -0.1) is 10.2 Å². The minimum atomic E-state index is -0.416. The van der Waals surface area contributed by atoms with E-state index in [0.717, 1.165) is 41.5 Å². The van der Waals surface area contributed by atoms with Crippen LogP contribution in [0.5, 0.6) is 0 Å². The van der Waals surface area contributed by atoms with E-state index in [1.807, 2.05) is 24.3 Å². The van der Waals surface area contributed by atoms with Crippen LogP contribution in [-0.2, 0) is 4.79 Å². The monoisotopic (exact) mass is 549 g/mol. The number of amides is 1. The Labute approximate surface area is 209 Å². The standard InChI is InChI=1S/C23H22BrClFN5OS/c24-17-8-11-20(26)16(12-17)13-27-28-21(32)14-33-23-30-29-22(15-6-9-18(25)10-7-15)31(23)19-4-2-1-3-5-19/h6-13,19H,1-5,14H2,(H,28,32). The molecule has 0 unspecified atom stereocenters. The second kappa shape index (κ2) is 11.3. The van der Waals surface area contributed by atoms with Crippen molar-refractivity contribution in [3.8, 4) is 11.4 Å². The highest BCUT2D eigenvalue weighted by Crippen LogP contribution is 2.35. The molecule has 1 fully saturated rings. The van der Waals surface area contributed by atoms with Crippen molar-refractivity contribution in [1.82, 2.24) is 20.2 Å². The van der Waals surface area contributed by atoms with Gasteiger partial charge in [-0.05, 0) is 55.3 Å². The van der Waals surface area contributed by atoms with Gasteiger partial charge in [0.25, 0.3) is 5.91 Å². The Balaban J connectivity index is 1.46. The van der Waals surface area contributed by atoms with Crippen LogP contribution in [0.15, 0.2) is 57.2 Å². The molecule has 1 amide bonds. The Morgan fingerprint density at radius 1 is 1.21 bits per heavy atom. The summed E-state index contributed by atoms with van der Waals surface area (Å²) in [5, 5.41) is 14.0. The highest BCUT2D eigenvalue weighted by atomic mass is 79.9. The number of halogens is 3. The van der Waals surface area contributed by atoms with Crippen LogP contribution >= 0.6 is 39.3 Å². The van der Waals surface area contributed by atoms with Gasteiger partial charge in [-0.25, -0.2) is 9.82 Å². The van der Waals surface area contributed by atoms with Gasteiger partial charge >= 0.3 is 0 Å². The molecule has 0 radical (unpaired) electrons. The van der Waals surface area contributed by atoms with E-state index in [4.69, 9.17) is 11.6 Å². The first-order valence-electron chi connectivity index (χ1n) is 10.6. The fourth-order valence-electron chi connectivity index (χ4n) is 3.79. The average molecular weight is 551 g/mol. The molecule has 2 aromatic carbocycles. The highest BCUT2D eigenvalue weighted by molar-refractivity contribution is 9.10. The first kappa shape index (κ1) is 23.9. The third-order valence-corrected chi connectivity index (χ3v) is 7.08. The summed E-state index contributed by atoms with van der Waals surface area (Å²) in [6.07, 6.45) is 6.95. The van der Waals surface area contributed by atoms with E-state index in [1.54, 1.807) is 12.1 Å². The molecule has 33 heavy (non-hydrogen) atoms. The van der Waals surface area contributed by atoms with E-state index >= 15 is 0 Å². The number of aromatic nitrogens is 3. The molecule has 4 rings (SSSR count). The molecular formula is C23H22BrClFN5OS. The summed E-state index contributed by atoms with van der Waals surface area (Å²) in [4.78, 5) is 12.3. The number of benzene rings is 2. The van der Waals surface area contributed by atoms with Gasteiger partial charge in [0.2, 0.25) is 0 Å². The van der Waals surface area contributed by atoms with Crippen molar-refractivity contribution >= 4 is 51.4 Å². The Hall–Kier alpha value is -2.23. The lowest BCUT2D eigenvalue weighted by Crippen LogP contribution is -2.21. The van der Waals surface area contributed by atoms with E-state index in [9.17, 15) is 9.18 Å². The van der Waals surface area contributed by atoms with Gasteiger partial charge in [-0.1, -0.05) is 58.6 Å². The molecule has 1 aliphatic carbocycles. The predicted molar refractivity (Wildman–Crippen MR) is 133 cm³/mol. The van der Waals surface area contributed by atoms with Gasteiger partial charge in [-0.3, -0.25) is 9.36 Å². The molecule has 1 heterocycles. The van der Waals surface area contributed by atoms with Crippen LogP contribution in [0.4, 0.5) is 4.39 Å². The minimum absolute atomic E-state index is 0.115. The van der Waals surface area contributed by atoms with Gasteiger partial charge in [0.1, 0.15) is 5.82 Å².